The second-order valence-corrected chi connectivity index (χ2v) is 11.2. The van der Waals surface area contributed by atoms with Crippen LogP contribution in [0.4, 0.5) is 5.13 Å². The van der Waals surface area contributed by atoms with Crippen molar-refractivity contribution >= 4 is 33.3 Å². The van der Waals surface area contributed by atoms with E-state index in [1.807, 2.05) is 12.1 Å². The first-order chi connectivity index (χ1) is 16.1. The number of anilines is 1. The zero-order chi connectivity index (χ0) is 24.2. The van der Waals surface area contributed by atoms with Gasteiger partial charge in [-0.2, -0.15) is 0 Å². The zero-order valence-corrected chi connectivity index (χ0v) is 20.8. The first-order valence-corrected chi connectivity index (χ1v) is 12.3. The molecule has 0 saturated carbocycles. The fourth-order valence-corrected chi connectivity index (χ4v) is 5.45. The lowest BCUT2D eigenvalue weighted by atomic mass is 9.86. The molecule has 0 radical (unpaired) electrons. The third-order valence-electron chi connectivity index (χ3n) is 6.12. The third kappa shape index (κ3) is 3.74. The summed E-state index contributed by atoms with van der Waals surface area (Å²) in [4.78, 5) is 28.9. The summed E-state index contributed by atoms with van der Waals surface area (Å²) in [5.41, 5.74) is 2.57. The lowest BCUT2D eigenvalue weighted by Crippen LogP contribution is -2.29. The summed E-state index contributed by atoms with van der Waals surface area (Å²) in [7, 11) is 0. The van der Waals surface area contributed by atoms with E-state index in [2.05, 4.69) is 56.9 Å². The van der Waals surface area contributed by atoms with Gasteiger partial charge in [0.1, 0.15) is 10.6 Å². The summed E-state index contributed by atoms with van der Waals surface area (Å²) in [6.07, 6.45) is 0.776. The highest BCUT2D eigenvalue weighted by atomic mass is 32.1. The van der Waals surface area contributed by atoms with Crippen LogP contribution in [0.5, 0.6) is 0 Å². The van der Waals surface area contributed by atoms with Gasteiger partial charge in [-0.3, -0.25) is 14.5 Å². The summed E-state index contributed by atoms with van der Waals surface area (Å²) in [6, 6.07) is 14.5. The van der Waals surface area contributed by atoms with E-state index in [1.54, 1.807) is 29.2 Å². The fraction of sp³-hybridized carbons (Fsp3) is 0.333. The quantitative estimate of drug-likeness (QED) is 0.369. The van der Waals surface area contributed by atoms with Gasteiger partial charge in [-0.25, -0.2) is 0 Å². The van der Waals surface area contributed by atoms with Crippen molar-refractivity contribution in [1.82, 2.24) is 10.2 Å². The number of amides is 1. The second-order valence-electron chi connectivity index (χ2n) is 10.2. The number of hydrogen-bond donors (Lipinski definition) is 0. The van der Waals surface area contributed by atoms with Crippen LogP contribution in [0.15, 0.2) is 57.7 Å². The average molecular weight is 474 g/mol. The van der Waals surface area contributed by atoms with Crippen LogP contribution in [0.1, 0.15) is 72.9 Å². The number of carbonyl (C=O) groups excluding carboxylic acids is 1. The molecule has 5 rings (SSSR count). The molecule has 0 bridgehead atoms. The Labute approximate surface area is 202 Å². The first-order valence-electron chi connectivity index (χ1n) is 11.5. The van der Waals surface area contributed by atoms with Crippen LogP contribution in [-0.2, 0) is 11.8 Å². The van der Waals surface area contributed by atoms with E-state index in [1.165, 1.54) is 16.9 Å². The molecule has 0 aliphatic carbocycles. The van der Waals surface area contributed by atoms with Gasteiger partial charge in [-0.1, -0.05) is 82.4 Å². The molecule has 7 heteroatoms. The number of nitrogens with zero attached hydrogens (tertiary/aromatic N) is 3. The second kappa shape index (κ2) is 8.17. The summed E-state index contributed by atoms with van der Waals surface area (Å²) in [6.45, 7) is 10.7. The molecule has 6 nitrogen and oxygen atoms in total. The minimum atomic E-state index is -0.628. The van der Waals surface area contributed by atoms with Crippen LogP contribution >= 0.6 is 11.3 Å². The van der Waals surface area contributed by atoms with Gasteiger partial charge in [0.15, 0.2) is 5.43 Å². The van der Waals surface area contributed by atoms with Crippen molar-refractivity contribution in [3.63, 3.8) is 0 Å². The molecule has 0 N–H and O–H groups in total. The van der Waals surface area contributed by atoms with E-state index >= 15 is 0 Å². The van der Waals surface area contributed by atoms with Gasteiger partial charge in [0.2, 0.25) is 10.9 Å². The molecule has 1 atom stereocenters. The number of fused-ring (bicyclic) bond motifs is 2. The molecule has 1 aliphatic rings. The monoisotopic (exact) mass is 473 g/mol. The number of rotatable bonds is 4. The molecular formula is C27H27N3O3S. The zero-order valence-electron chi connectivity index (χ0n) is 20.0. The number of benzene rings is 2. The molecule has 2 aromatic carbocycles. The standard InChI is InChI=1S/C27H27N3O3S/c1-15(2)14-20-28-29-26(34-20)30-22(16-10-12-17(13-11-16)27(3,4)5)21-23(31)18-8-6-7-9-19(18)33-24(21)25(30)32/h6-13,15,22H,14H2,1-5H3/t22-/m0/s1. The Bertz CT molecular complexity index is 1440. The predicted molar refractivity (Wildman–Crippen MR) is 135 cm³/mol. The highest BCUT2D eigenvalue weighted by Gasteiger charge is 2.45. The highest BCUT2D eigenvalue weighted by Crippen LogP contribution is 2.42. The van der Waals surface area contributed by atoms with E-state index in [4.69, 9.17) is 4.42 Å². The molecule has 0 spiro atoms. The molecule has 1 amide bonds. The molecule has 0 unspecified atom stereocenters. The van der Waals surface area contributed by atoms with Crippen LogP contribution in [0.3, 0.4) is 0 Å². The van der Waals surface area contributed by atoms with Crippen molar-refractivity contribution in [2.45, 2.75) is 52.5 Å². The Morgan fingerprint density at radius 1 is 1.03 bits per heavy atom. The van der Waals surface area contributed by atoms with Gasteiger partial charge < -0.3 is 4.42 Å². The van der Waals surface area contributed by atoms with E-state index in [-0.39, 0.29) is 22.5 Å². The normalized spacial score (nSPS) is 16.0. The van der Waals surface area contributed by atoms with Gasteiger partial charge in [-0.15, -0.1) is 10.2 Å². The fourth-order valence-electron chi connectivity index (χ4n) is 4.37. The lowest BCUT2D eigenvalue weighted by Gasteiger charge is -2.24. The molecule has 34 heavy (non-hydrogen) atoms. The molecule has 4 aromatic rings. The highest BCUT2D eigenvalue weighted by molar-refractivity contribution is 7.15. The number of aromatic nitrogens is 2. The molecule has 1 aliphatic heterocycles. The van der Waals surface area contributed by atoms with E-state index < -0.39 is 6.04 Å². The Morgan fingerprint density at radius 2 is 1.74 bits per heavy atom. The van der Waals surface area contributed by atoms with Crippen LogP contribution in [0, 0.1) is 5.92 Å². The number of carbonyl (C=O) groups is 1. The van der Waals surface area contributed by atoms with Crippen LogP contribution in [-0.4, -0.2) is 16.1 Å². The van der Waals surface area contributed by atoms with Gasteiger partial charge in [-0.05, 0) is 34.6 Å². The van der Waals surface area contributed by atoms with Crippen molar-refractivity contribution in [1.29, 1.82) is 0 Å². The van der Waals surface area contributed by atoms with Gasteiger partial charge >= 0.3 is 0 Å². The first kappa shape index (κ1) is 22.5. The minimum absolute atomic E-state index is 0.0121. The van der Waals surface area contributed by atoms with E-state index in [0.717, 1.165) is 17.0 Å². The van der Waals surface area contributed by atoms with E-state index in [9.17, 15) is 9.59 Å². The summed E-state index contributed by atoms with van der Waals surface area (Å²) < 4.78 is 6.02. The maximum Gasteiger partial charge on any atom is 0.297 e. The smallest absolute Gasteiger partial charge is 0.297 e. The Kier molecular flexibility index (Phi) is 5.40. The molecule has 174 valence electrons. The largest absolute Gasteiger partial charge is 0.450 e. The molecule has 0 saturated heterocycles. The summed E-state index contributed by atoms with van der Waals surface area (Å²) in [5.74, 6) is 0.130. The topological polar surface area (TPSA) is 76.3 Å². The van der Waals surface area contributed by atoms with Crippen molar-refractivity contribution in [2.75, 3.05) is 4.90 Å². The van der Waals surface area contributed by atoms with Crippen LogP contribution < -0.4 is 10.3 Å². The Balaban J connectivity index is 1.71. The summed E-state index contributed by atoms with van der Waals surface area (Å²) in [5, 5.41) is 10.5. The maximum atomic E-state index is 13.7. The van der Waals surface area contributed by atoms with Crippen molar-refractivity contribution < 1.29 is 9.21 Å². The number of hydrogen-bond acceptors (Lipinski definition) is 6. The van der Waals surface area contributed by atoms with Gasteiger partial charge in [0, 0.05) is 6.42 Å². The minimum Gasteiger partial charge on any atom is -0.450 e. The van der Waals surface area contributed by atoms with Crippen molar-refractivity contribution in [3.05, 3.63) is 86.2 Å². The molecule has 3 heterocycles. The lowest BCUT2D eigenvalue weighted by molar-refractivity contribution is 0.0970. The SMILES string of the molecule is CC(C)Cc1nnc(N2C(=O)c3oc4ccccc4c(=O)c3[C@@H]2c2ccc(C(C)(C)C)cc2)s1. The van der Waals surface area contributed by atoms with Crippen LogP contribution in [0.25, 0.3) is 11.0 Å². The van der Waals surface area contributed by atoms with Crippen molar-refractivity contribution in [3.8, 4) is 0 Å². The summed E-state index contributed by atoms with van der Waals surface area (Å²) >= 11 is 1.39. The van der Waals surface area contributed by atoms with Gasteiger partial charge in [0.25, 0.3) is 5.91 Å². The Morgan fingerprint density at radius 3 is 2.41 bits per heavy atom. The average Bonchev–Trinajstić information content (AvgIpc) is 3.35. The molecule has 0 fully saturated rings. The van der Waals surface area contributed by atoms with Crippen molar-refractivity contribution in [2.24, 2.45) is 5.92 Å². The predicted octanol–water partition coefficient (Wildman–Crippen LogP) is 5.89. The maximum absolute atomic E-state index is 13.7. The van der Waals surface area contributed by atoms with Crippen LogP contribution in [0.2, 0.25) is 0 Å². The Hall–Kier alpha value is -3.32. The molecule has 2 aromatic heterocycles. The molecular weight excluding hydrogens is 446 g/mol. The number of para-hydroxylation sites is 1. The van der Waals surface area contributed by atoms with E-state index in [0.29, 0.717) is 27.6 Å². The van der Waals surface area contributed by atoms with Gasteiger partial charge in [0.05, 0.1) is 17.0 Å². The third-order valence-corrected chi connectivity index (χ3v) is 7.06.